The zero-order valence-electron chi connectivity index (χ0n) is 13.8. The maximum atomic E-state index is 12.8. The van der Waals surface area contributed by atoms with Gasteiger partial charge in [-0.15, -0.1) is 0 Å². The van der Waals surface area contributed by atoms with Crippen LogP contribution in [0.15, 0.2) is 59.4 Å². The largest absolute Gasteiger partial charge is 0.502 e. The summed E-state index contributed by atoms with van der Waals surface area (Å²) in [4.78, 5) is 25.0. The van der Waals surface area contributed by atoms with Crippen molar-refractivity contribution in [3.8, 4) is 5.75 Å². The molecule has 1 saturated carbocycles. The summed E-state index contributed by atoms with van der Waals surface area (Å²) in [7, 11) is 1.58. The van der Waals surface area contributed by atoms with E-state index in [1.165, 1.54) is 10.1 Å². The molecule has 126 valence electrons. The quantitative estimate of drug-likeness (QED) is 0.773. The van der Waals surface area contributed by atoms with E-state index in [2.05, 4.69) is 5.32 Å². The predicted molar refractivity (Wildman–Crippen MR) is 95.9 cm³/mol. The molecule has 0 unspecified atom stereocenters. The average Bonchev–Trinajstić information content (AvgIpc) is 3.40. The van der Waals surface area contributed by atoms with E-state index in [4.69, 9.17) is 0 Å². The number of amides is 1. The number of nitrogens with zero attached hydrogens (tertiary/aromatic N) is 1. The van der Waals surface area contributed by atoms with Crippen LogP contribution in [0.2, 0.25) is 0 Å². The summed E-state index contributed by atoms with van der Waals surface area (Å²) in [6.07, 6.45) is 0.860. The number of rotatable bonds is 3. The number of aromatic hydroxyl groups is 1. The SMILES string of the molecule is Cn1c(=O)c(O)c(C(=O)N[C@H]2C[C@@H]2c2ccccc2)c2ccccc21. The van der Waals surface area contributed by atoms with E-state index in [9.17, 15) is 14.7 Å². The van der Waals surface area contributed by atoms with Gasteiger partial charge in [0.2, 0.25) is 0 Å². The van der Waals surface area contributed by atoms with Crippen LogP contribution < -0.4 is 10.9 Å². The van der Waals surface area contributed by atoms with E-state index in [0.717, 1.165) is 6.42 Å². The minimum Gasteiger partial charge on any atom is -0.502 e. The Bertz CT molecular complexity index is 1020. The highest BCUT2D eigenvalue weighted by molar-refractivity contribution is 6.08. The van der Waals surface area contributed by atoms with Gasteiger partial charge in [-0.25, -0.2) is 0 Å². The molecular weight excluding hydrogens is 316 g/mol. The summed E-state index contributed by atoms with van der Waals surface area (Å²) in [6, 6.07) is 17.1. The van der Waals surface area contributed by atoms with E-state index in [1.54, 1.807) is 31.3 Å². The molecule has 5 heteroatoms. The second-order valence-electron chi connectivity index (χ2n) is 6.44. The van der Waals surface area contributed by atoms with Crippen LogP contribution in [0.1, 0.15) is 28.3 Å². The van der Waals surface area contributed by atoms with Crippen molar-refractivity contribution in [1.82, 2.24) is 9.88 Å². The lowest BCUT2D eigenvalue weighted by atomic mass is 10.1. The van der Waals surface area contributed by atoms with Crippen LogP contribution in [0, 0.1) is 0 Å². The first-order chi connectivity index (χ1) is 12.1. The van der Waals surface area contributed by atoms with E-state index in [-0.39, 0.29) is 17.5 Å². The number of hydrogen-bond donors (Lipinski definition) is 2. The lowest BCUT2D eigenvalue weighted by molar-refractivity contribution is 0.0949. The molecule has 0 aliphatic heterocycles. The van der Waals surface area contributed by atoms with Crippen molar-refractivity contribution < 1.29 is 9.90 Å². The van der Waals surface area contributed by atoms with E-state index < -0.39 is 17.2 Å². The molecule has 0 spiro atoms. The lowest BCUT2D eigenvalue weighted by Crippen LogP contribution is -2.29. The number of aromatic nitrogens is 1. The first-order valence-electron chi connectivity index (χ1n) is 8.24. The van der Waals surface area contributed by atoms with Gasteiger partial charge in [0.25, 0.3) is 11.5 Å². The maximum absolute atomic E-state index is 12.8. The highest BCUT2D eigenvalue weighted by Crippen LogP contribution is 2.41. The van der Waals surface area contributed by atoms with E-state index in [1.807, 2.05) is 30.3 Å². The molecule has 25 heavy (non-hydrogen) atoms. The van der Waals surface area contributed by atoms with Gasteiger partial charge in [0.05, 0.1) is 11.1 Å². The van der Waals surface area contributed by atoms with Crippen LogP contribution >= 0.6 is 0 Å². The highest BCUT2D eigenvalue weighted by atomic mass is 16.3. The molecule has 1 fully saturated rings. The van der Waals surface area contributed by atoms with E-state index >= 15 is 0 Å². The molecule has 0 saturated heterocycles. The number of carbonyl (C=O) groups is 1. The van der Waals surface area contributed by atoms with Crippen molar-refractivity contribution in [2.45, 2.75) is 18.4 Å². The number of hydrogen-bond acceptors (Lipinski definition) is 3. The number of fused-ring (bicyclic) bond motifs is 1. The van der Waals surface area contributed by atoms with Crippen molar-refractivity contribution >= 4 is 16.8 Å². The van der Waals surface area contributed by atoms with Crippen LogP contribution in [0.5, 0.6) is 5.75 Å². The van der Waals surface area contributed by atoms with Gasteiger partial charge in [-0.1, -0.05) is 48.5 Å². The van der Waals surface area contributed by atoms with Crippen molar-refractivity contribution in [2.75, 3.05) is 0 Å². The monoisotopic (exact) mass is 334 g/mol. The Balaban J connectivity index is 1.67. The maximum Gasteiger partial charge on any atom is 0.293 e. The number of carbonyl (C=O) groups excluding carboxylic acids is 1. The second kappa shape index (κ2) is 5.77. The molecule has 1 aromatic heterocycles. The summed E-state index contributed by atoms with van der Waals surface area (Å²) in [6.45, 7) is 0. The number of pyridine rings is 1. The molecule has 0 bridgehead atoms. The standard InChI is InChI=1S/C20H18N2O3/c1-22-16-10-6-5-9-13(16)17(18(23)20(22)25)19(24)21-15-11-14(15)12-7-3-2-4-8-12/h2-10,14-15,23H,11H2,1H3,(H,21,24)/t14-,15+/m1/s1. The normalized spacial score (nSPS) is 18.9. The smallest absolute Gasteiger partial charge is 0.293 e. The Hall–Kier alpha value is -3.08. The Kier molecular flexibility index (Phi) is 3.57. The Morgan fingerprint density at radius 1 is 1.12 bits per heavy atom. The molecule has 2 N–H and O–H groups in total. The molecule has 1 heterocycles. The predicted octanol–water partition coefficient (Wildman–Crippen LogP) is 2.53. The second-order valence-corrected chi connectivity index (χ2v) is 6.44. The van der Waals surface area contributed by atoms with Gasteiger partial charge in [-0.05, 0) is 18.1 Å². The minimum absolute atomic E-state index is 0.0251. The summed E-state index contributed by atoms with van der Waals surface area (Å²) >= 11 is 0. The number of benzene rings is 2. The van der Waals surface area contributed by atoms with Crippen LogP contribution in [-0.2, 0) is 7.05 Å². The van der Waals surface area contributed by atoms with Crippen molar-refractivity contribution in [3.63, 3.8) is 0 Å². The summed E-state index contributed by atoms with van der Waals surface area (Å²) in [5.41, 5.74) is 1.29. The number of para-hydroxylation sites is 1. The average molecular weight is 334 g/mol. The van der Waals surface area contributed by atoms with Gasteiger partial charge in [0.1, 0.15) is 0 Å². The molecule has 1 aliphatic rings. The third kappa shape index (κ3) is 2.58. The molecule has 4 rings (SSSR count). The molecule has 1 aliphatic carbocycles. The number of aryl methyl sites for hydroxylation is 1. The topological polar surface area (TPSA) is 71.3 Å². The van der Waals surface area contributed by atoms with Crippen molar-refractivity contribution in [3.05, 3.63) is 76.1 Å². The minimum atomic E-state index is -0.570. The Labute approximate surface area is 144 Å². The molecule has 1 amide bonds. The van der Waals surface area contributed by atoms with Gasteiger partial charge in [0.15, 0.2) is 5.75 Å². The molecular formula is C20H18N2O3. The third-order valence-electron chi connectivity index (χ3n) is 4.84. The molecule has 2 aromatic carbocycles. The van der Waals surface area contributed by atoms with Crippen LogP contribution in [-0.4, -0.2) is 21.6 Å². The zero-order chi connectivity index (χ0) is 17.6. The van der Waals surface area contributed by atoms with Crippen LogP contribution in [0.3, 0.4) is 0 Å². The Morgan fingerprint density at radius 2 is 1.80 bits per heavy atom. The summed E-state index contributed by atoms with van der Waals surface area (Å²) in [5, 5.41) is 13.8. The van der Waals surface area contributed by atoms with Crippen molar-refractivity contribution in [2.24, 2.45) is 7.05 Å². The van der Waals surface area contributed by atoms with E-state index in [0.29, 0.717) is 10.9 Å². The van der Waals surface area contributed by atoms with Gasteiger partial charge in [-0.2, -0.15) is 0 Å². The molecule has 5 nitrogen and oxygen atoms in total. The number of nitrogens with one attached hydrogen (secondary N) is 1. The fraction of sp³-hybridized carbons (Fsp3) is 0.200. The summed E-state index contributed by atoms with van der Waals surface area (Å²) in [5.74, 6) is -0.629. The zero-order valence-corrected chi connectivity index (χ0v) is 13.8. The first-order valence-corrected chi connectivity index (χ1v) is 8.24. The van der Waals surface area contributed by atoms with Gasteiger partial charge in [-0.3, -0.25) is 9.59 Å². The fourth-order valence-corrected chi connectivity index (χ4v) is 3.37. The lowest BCUT2D eigenvalue weighted by Gasteiger charge is -2.12. The van der Waals surface area contributed by atoms with Crippen molar-refractivity contribution in [1.29, 1.82) is 0 Å². The first kappa shape index (κ1) is 15.4. The van der Waals surface area contributed by atoms with Gasteiger partial charge < -0.3 is 15.0 Å². The third-order valence-corrected chi connectivity index (χ3v) is 4.84. The molecule has 2 atom stereocenters. The van der Waals surface area contributed by atoms with Gasteiger partial charge >= 0.3 is 0 Å². The summed E-state index contributed by atoms with van der Waals surface area (Å²) < 4.78 is 1.35. The Morgan fingerprint density at radius 3 is 2.56 bits per heavy atom. The molecule has 3 aromatic rings. The van der Waals surface area contributed by atoms with Crippen LogP contribution in [0.25, 0.3) is 10.9 Å². The fourth-order valence-electron chi connectivity index (χ4n) is 3.37. The molecule has 0 radical (unpaired) electrons. The highest BCUT2D eigenvalue weighted by Gasteiger charge is 2.40. The van der Waals surface area contributed by atoms with Gasteiger partial charge in [0, 0.05) is 24.4 Å². The van der Waals surface area contributed by atoms with Crippen LogP contribution in [0.4, 0.5) is 0 Å².